The van der Waals surface area contributed by atoms with E-state index in [1.807, 2.05) is 4.90 Å². The number of nitrogens with two attached hydrogens (primary N) is 1. The third kappa shape index (κ3) is 7.22. The Labute approximate surface area is 178 Å². The molecule has 29 heavy (non-hydrogen) atoms. The Hall–Kier alpha value is -1.75. The van der Waals surface area contributed by atoms with E-state index in [9.17, 15) is 22.8 Å². The van der Waals surface area contributed by atoms with Crippen LogP contribution in [0.2, 0.25) is 0 Å². The number of alkyl halides is 3. The zero-order valence-electron chi connectivity index (χ0n) is 15.4. The third-order valence-corrected chi connectivity index (χ3v) is 4.61. The lowest BCUT2D eigenvalue weighted by Crippen LogP contribution is -2.55. The van der Waals surface area contributed by atoms with Crippen LogP contribution in [0.3, 0.4) is 0 Å². The van der Waals surface area contributed by atoms with Crippen molar-refractivity contribution in [3.63, 3.8) is 0 Å². The van der Waals surface area contributed by atoms with E-state index in [1.54, 1.807) is 4.90 Å². The number of amides is 2. The second-order valence-electron chi connectivity index (χ2n) is 6.84. The largest absolute Gasteiger partial charge is 0.573 e. The Kier molecular flexibility index (Phi) is 8.58. The molecule has 1 aliphatic heterocycles. The van der Waals surface area contributed by atoms with Crippen molar-refractivity contribution in [2.75, 3.05) is 38.0 Å². The number of hydrogen-bond acceptors (Lipinski definition) is 5. The van der Waals surface area contributed by atoms with Gasteiger partial charge in [0.25, 0.3) is 0 Å². The normalized spacial score (nSPS) is 18.1. The molecular weight excluding hydrogens is 436 g/mol. The number of ether oxygens (including phenoxy) is 1. The molecule has 0 aromatic heterocycles. The highest BCUT2D eigenvalue weighted by atomic mass is 35.5. The summed E-state index contributed by atoms with van der Waals surface area (Å²) < 4.78 is 40.2. The lowest BCUT2D eigenvalue weighted by molar-refractivity contribution is -0.274. The van der Waals surface area contributed by atoms with Crippen molar-refractivity contribution in [3.8, 4) is 5.75 Å². The predicted octanol–water partition coefficient (Wildman–Crippen LogP) is 2.00. The van der Waals surface area contributed by atoms with Crippen molar-refractivity contribution in [1.29, 1.82) is 0 Å². The molecule has 0 spiro atoms. The van der Waals surface area contributed by atoms with E-state index in [1.165, 1.54) is 12.1 Å². The molecule has 1 heterocycles. The van der Waals surface area contributed by atoms with Gasteiger partial charge in [-0.3, -0.25) is 14.5 Å². The minimum atomic E-state index is -4.75. The molecular formula is C17H23Cl2F3N4O3. The molecule has 1 aromatic rings. The van der Waals surface area contributed by atoms with Crippen LogP contribution in [0.15, 0.2) is 24.3 Å². The SMILES string of the molecule is Cl.Cl.NC1(C(=O)N2CCN(CC(=O)Nc3ccc(OC(F)(F)F)cc3)CC2)CC1. The first-order valence-electron chi connectivity index (χ1n) is 8.61. The molecule has 1 aliphatic carbocycles. The lowest BCUT2D eigenvalue weighted by atomic mass is 10.2. The van der Waals surface area contributed by atoms with Crippen LogP contribution in [0.5, 0.6) is 5.75 Å². The smallest absolute Gasteiger partial charge is 0.406 e. The molecule has 0 bridgehead atoms. The number of carbonyl (C=O) groups is 2. The summed E-state index contributed by atoms with van der Waals surface area (Å²) in [5.41, 5.74) is 5.62. The zero-order valence-corrected chi connectivity index (χ0v) is 17.0. The Morgan fingerprint density at radius 3 is 2.10 bits per heavy atom. The van der Waals surface area contributed by atoms with Crippen LogP contribution in [-0.4, -0.2) is 66.2 Å². The molecule has 2 aliphatic rings. The molecule has 12 heteroatoms. The van der Waals surface area contributed by atoms with E-state index in [4.69, 9.17) is 5.73 Å². The summed E-state index contributed by atoms with van der Waals surface area (Å²) in [6, 6.07) is 4.94. The van der Waals surface area contributed by atoms with Crippen molar-refractivity contribution in [2.24, 2.45) is 5.73 Å². The molecule has 7 nitrogen and oxygen atoms in total. The summed E-state index contributed by atoms with van der Waals surface area (Å²) >= 11 is 0. The van der Waals surface area contributed by atoms with Crippen LogP contribution in [0.4, 0.5) is 18.9 Å². The predicted molar refractivity (Wildman–Crippen MR) is 105 cm³/mol. The zero-order chi connectivity index (χ0) is 19.7. The number of rotatable bonds is 5. The molecule has 164 valence electrons. The Morgan fingerprint density at radius 1 is 1.07 bits per heavy atom. The van der Waals surface area contributed by atoms with Gasteiger partial charge in [0.05, 0.1) is 12.1 Å². The van der Waals surface area contributed by atoms with Crippen LogP contribution in [0.25, 0.3) is 0 Å². The molecule has 0 atom stereocenters. The molecule has 0 unspecified atom stereocenters. The maximum absolute atomic E-state index is 12.2. The van der Waals surface area contributed by atoms with Gasteiger partial charge < -0.3 is 20.7 Å². The summed E-state index contributed by atoms with van der Waals surface area (Å²) in [5, 5.41) is 2.63. The maximum Gasteiger partial charge on any atom is 0.573 e. The van der Waals surface area contributed by atoms with E-state index in [0.717, 1.165) is 25.0 Å². The van der Waals surface area contributed by atoms with E-state index in [2.05, 4.69) is 10.1 Å². The van der Waals surface area contributed by atoms with Gasteiger partial charge in [0, 0.05) is 31.9 Å². The van der Waals surface area contributed by atoms with Gasteiger partial charge in [-0.25, -0.2) is 0 Å². The fourth-order valence-electron chi connectivity index (χ4n) is 2.92. The Bertz CT molecular complexity index is 707. The number of nitrogens with zero attached hydrogens (tertiary/aromatic N) is 2. The van der Waals surface area contributed by atoms with Crippen LogP contribution >= 0.6 is 24.8 Å². The summed E-state index contributed by atoms with van der Waals surface area (Å²) in [4.78, 5) is 28.0. The fourth-order valence-corrected chi connectivity index (χ4v) is 2.92. The van der Waals surface area contributed by atoms with Crippen LogP contribution in [0.1, 0.15) is 12.8 Å². The lowest BCUT2D eigenvalue weighted by Gasteiger charge is -2.35. The molecule has 0 radical (unpaired) electrons. The van der Waals surface area contributed by atoms with Gasteiger partial charge in [-0.2, -0.15) is 0 Å². The van der Waals surface area contributed by atoms with E-state index >= 15 is 0 Å². The van der Waals surface area contributed by atoms with Gasteiger partial charge in [0.2, 0.25) is 11.8 Å². The van der Waals surface area contributed by atoms with Crippen molar-refractivity contribution < 1.29 is 27.5 Å². The number of nitrogens with one attached hydrogen (secondary N) is 1. The van der Waals surface area contributed by atoms with Crippen molar-refractivity contribution in [3.05, 3.63) is 24.3 Å². The molecule has 2 amide bonds. The van der Waals surface area contributed by atoms with Gasteiger partial charge in [0.15, 0.2) is 0 Å². The van der Waals surface area contributed by atoms with Crippen molar-refractivity contribution in [1.82, 2.24) is 9.80 Å². The standard InChI is InChI=1S/C17H21F3N4O3.2ClH/c18-17(19,20)27-13-3-1-12(2-4-13)22-14(25)11-23-7-9-24(10-8-23)15(26)16(21)5-6-16;;/h1-4H,5-11,21H2,(H,22,25);2*1H. The summed E-state index contributed by atoms with van der Waals surface area (Å²) in [5.74, 6) is -0.654. The summed E-state index contributed by atoms with van der Waals surface area (Å²) in [6.07, 6.45) is -3.31. The summed E-state index contributed by atoms with van der Waals surface area (Å²) in [6.45, 7) is 2.31. The van der Waals surface area contributed by atoms with Gasteiger partial charge in [-0.05, 0) is 37.1 Å². The fraction of sp³-hybridized carbons (Fsp3) is 0.529. The number of halogens is 5. The second-order valence-corrected chi connectivity index (χ2v) is 6.84. The molecule has 1 aromatic carbocycles. The van der Waals surface area contributed by atoms with E-state index < -0.39 is 11.9 Å². The highest BCUT2D eigenvalue weighted by Gasteiger charge is 2.48. The van der Waals surface area contributed by atoms with Crippen molar-refractivity contribution in [2.45, 2.75) is 24.7 Å². The monoisotopic (exact) mass is 458 g/mol. The van der Waals surface area contributed by atoms with E-state index in [0.29, 0.717) is 31.9 Å². The highest BCUT2D eigenvalue weighted by Crippen LogP contribution is 2.34. The first-order valence-corrected chi connectivity index (χ1v) is 8.61. The van der Waals surface area contributed by atoms with Crippen molar-refractivity contribution >= 4 is 42.3 Å². The second kappa shape index (κ2) is 9.84. The van der Waals surface area contributed by atoms with Gasteiger partial charge in [-0.1, -0.05) is 0 Å². The van der Waals surface area contributed by atoms with E-state index in [-0.39, 0.29) is 48.9 Å². The van der Waals surface area contributed by atoms with Gasteiger partial charge in [0.1, 0.15) is 5.75 Å². The quantitative estimate of drug-likeness (QED) is 0.704. The Morgan fingerprint density at radius 2 is 1.62 bits per heavy atom. The first kappa shape index (κ1) is 25.3. The molecule has 3 rings (SSSR count). The average Bonchev–Trinajstić information content (AvgIpc) is 3.34. The number of benzene rings is 1. The molecule has 1 saturated carbocycles. The minimum Gasteiger partial charge on any atom is -0.406 e. The molecule has 2 fully saturated rings. The highest BCUT2D eigenvalue weighted by molar-refractivity contribution is 5.92. The third-order valence-electron chi connectivity index (χ3n) is 4.61. The number of piperazine rings is 1. The topological polar surface area (TPSA) is 87.9 Å². The average molecular weight is 459 g/mol. The molecule has 3 N–H and O–H groups in total. The molecule has 1 saturated heterocycles. The van der Waals surface area contributed by atoms with Crippen LogP contribution in [-0.2, 0) is 9.59 Å². The first-order chi connectivity index (χ1) is 12.6. The maximum atomic E-state index is 12.2. The minimum absolute atomic E-state index is 0. The summed E-state index contributed by atoms with van der Waals surface area (Å²) in [7, 11) is 0. The number of hydrogen-bond donors (Lipinski definition) is 2. The Balaban J connectivity index is 0.00000210. The van der Waals surface area contributed by atoms with Crippen LogP contribution < -0.4 is 15.8 Å². The van der Waals surface area contributed by atoms with Crippen LogP contribution in [0, 0.1) is 0 Å². The van der Waals surface area contributed by atoms with Gasteiger partial charge in [-0.15, -0.1) is 38.0 Å². The number of anilines is 1. The van der Waals surface area contributed by atoms with Gasteiger partial charge >= 0.3 is 6.36 Å². The number of carbonyl (C=O) groups excluding carboxylic acids is 2.